The predicted molar refractivity (Wildman–Crippen MR) is 114 cm³/mol. The Morgan fingerprint density at radius 3 is 2.19 bits per heavy atom. The normalized spacial score (nSPS) is 19.2. The number of morpholine rings is 1. The molecule has 2 fully saturated rings. The van der Waals surface area contributed by atoms with Crippen molar-refractivity contribution in [3.05, 3.63) is 65.5 Å². The third-order valence-electron chi connectivity index (χ3n) is 5.78. The van der Waals surface area contributed by atoms with Gasteiger partial charge in [0.05, 0.1) is 19.8 Å². The number of carbonyl (C=O) groups is 2. The van der Waals surface area contributed by atoms with Gasteiger partial charge < -0.3 is 19.3 Å². The van der Waals surface area contributed by atoms with Crippen molar-refractivity contribution in [2.24, 2.45) is 5.92 Å². The van der Waals surface area contributed by atoms with Gasteiger partial charge in [0.25, 0.3) is 11.8 Å². The lowest BCUT2D eigenvalue weighted by Crippen LogP contribution is -2.41. The fraction of sp³-hybridized carbons (Fsp3) is 0.417. The van der Waals surface area contributed by atoms with Crippen LogP contribution < -0.4 is 4.74 Å². The third kappa shape index (κ3) is 5.41. The van der Waals surface area contributed by atoms with Gasteiger partial charge in [0.2, 0.25) is 0 Å². The standard InChI is InChI=1S/C24H27FN2O4/c25-21-7-3-19(4-8-21)24(29)27-11-1-2-18(16-27)17-31-22-9-5-20(6-10-22)23(28)26-12-14-30-15-13-26/h3-10,18H,1-2,11-17H2/t18-/m0/s1. The lowest BCUT2D eigenvalue weighted by Gasteiger charge is -2.32. The Kier molecular flexibility index (Phi) is 6.82. The molecule has 0 spiro atoms. The number of piperidine rings is 1. The van der Waals surface area contributed by atoms with Crippen LogP contribution >= 0.6 is 0 Å². The molecule has 0 aliphatic carbocycles. The fourth-order valence-electron chi connectivity index (χ4n) is 4.02. The zero-order chi connectivity index (χ0) is 21.6. The average Bonchev–Trinajstić information content (AvgIpc) is 2.83. The highest BCUT2D eigenvalue weighted by molar-refractivity contribution is 5.94. The summed E-state index contributed by atoms with van der Waals surface area (Å²) in [6, 6.07) is 12.9. The van der Waals surface area contributed by atoms with Gasteiger partial charge in [0.15, 0.2) is 0 Å². The minimum Gasteiger partial charge on any atom is -0.493 e. The van der Waals surface area contributed by atoms with Crippen LogP contribution in [-0.2, 0) is 4.74 Å². The maximum absolute atomic E-state index is 13.1. The molecule has 0 N–H and O–H groups in total. The zero-order valence-corrected chi connectivity index (χ0v) is 17.5. The summed E-state index contributed by atoms with van der Waals surface area (Å²) in [4.78, 5) is 28.8. The molecule has 7 heteroatoms. The van der Waals surface area contributed by atoms with E-state index in [4.69, 9.17) is 9.47 Å². The second kappa shape index (κ2) is 9.92. The van der Waals surface area contributed by atoms with Gasteiger partial charge in [-0.2, -0.15) is 0 Å². The van der Waals surface area contributed by atoms with Crippen LogP contribution in [0.1, 0.15) is 33.6 Å². The lowest BCUT2D eigenvalue weighted by atomic mass is 9.98. The molecule has 0 bridgehead atoms. The van der Waals surface area contributed by atoms with E-state index >= 15 is 0 Å². The molecule has 2 aromatic rings. The minimum atomic E-state index is -0.348. The van der Waals surface area contributed by atoms with Crippen molar-refractivity contribution in [1.82, 2.24) is 9.80 Å². The molecule has 1 atom stereocenters. The van der Waals surface area contributed by atoms with Gasteiger partial charge in [-0.25, -0.2) is 4.39 Å². The molecule has 2 heterocycles. The molecule has 6 nitrogen and oxygen atoms in total. The monoisotopic (exact) mass is 426 g/mol. The van der Waals surface area contributed by atoms with Crippen LogP contribution in [0.2, 0.25) is 0 Å². The molecule has 0 unspecified atom stereocenters. The quantitative estimate of drug-likeness (QED) is 0.737. The number of rotatable bonds is 5. The zero-order valence-electron chi connectivity index (χ0n) is 17.5. The molecule has 2 aliphatic rings. The SMILES string of the molecule is O=C(c1ccc(OC[C@H]2CCCN(C(=O)c3ccc(F)cc3)C2)cc1)N1CCOCC1. The van der Waals surface area contributed by atoms with E-state index in [-0.39, 0.29) is 23.5 Å². The van der Waals surface area contributed by atoms with Crippen LogP contribution in [0, 0.1) is 11.7 Å². The Morgan fingerprint density at radius 2 is 1.52 bits per heavy atom. The van der Waals surface area contributed by atoms with Gasteiger partial charge in [0.1, 0.15) is 11.6 Å². The van der Waals surface area contributed by atoms with Crippen LogP contribution in [0.3, 0.4) is 0 Å². The van der Waals surface area contributed by atoms with Crippen molar-refractivity contribution in [2.75, 3.05) is 46.0 Å². The maximum atomic E-state index is 13.1. The molecule has 4 rings (SSSR count). The molecule has 0 aromatic heterocycles. The largest absolute Gasteiger partial charge is 0.493 e. The highest BCUT2D eigenvalue weighted by Gasteiger charge is 2.25. The van der Waals surface area contributed by atoms with E-state index < -0.39 is 0 Å². The number of carbonyl (C=O) groups excluding carboxylic acids is 2. The van der Waals surface area contributed by atoms with Crippen LogP contribution in [0.15, 0.2) is 48.5 Å². The number of nitrogens with zero attached hydrogens (tertiary/aromatic N) is 2. The first-order chi connectivity index (χ1) is 15.1. The number of benzene rings is 2. The van der Waals surface area contributed by atoms with Gasteiger partial charge in [0, 0.05) is 43.2 Å². The van der Waals surface area contributed by atoms with Crippen molar-refractivity contribution in [1.29, 1.82) is 0 Å². The number of ether oxygens (including phenoxy) is 2. The number of amides is 2. The molecule has 31 heavy (non-hydrogen) atoms. The summed E-state index contributed by atoms with van der Waals surface area (Å²) in [5.74, 6) is 0.528. The Hall–Kier alpha value is -2.93. The average molecular weight is 426 g/mol. The van der Waals surface area contributed by atoms with Gasteiger partial charge in [-0.05, 0) is 61.4 Å². The van der Waals surface area contributed by atoms with Crippen molar-refractivity contribution in [3.8, 4) is 5.75 Å². The summed E-state index contributed by atoms with van der Waals surface area (Å²) in [5.41, 5.74) is 1.14. The summed E-state index contributed by atoms with van der Waals surface area (Å²) < 4.78 is 24.3. The van der Waals surface area contributed by atoms with Crippen molar-refractivity contribution in [2.45, 2.75) is 12.8 Å². The van der Waals surface area contributed by atoms with Crippen molar-refractivity contribution >= 4 is 11.8 Å². The predicted octanol–water partition coefficient (Wildman–Crippen LogP) is 3.23. The van der Waals surface area contributed by atoms with E-state index in [2.05, 4.69) is 0 Å². The van der Waals surface area contributed by atoms with E-state index in [1.165, 1.54) is 24.3 Å². The Balaban J connectivity index is 1.29. The topological polar surface area (TPSA) is 59.1 Å². The first-order valence-electron chi connectivity index (χ1n) is 10.7. The van der Waals surface area contributed by atoms with Crippen LogP contribution in [0.25, 0.3) is 0 Å². The number of likely N-dealkylation sites (tertiary alicyclic amines) is 1. The highest BCUT2D eigenvalue weighted by atomic mass is 19.1. The number of halogens is 1. The molecule has 2 amide bonds. The van der Waals surface area contributed by atoms with E-state index in [9.17, 15) is 14.0 Å². The molecular formula is C24H27FN2O4. The fourth-order valence-corrected chi connectivity index (χ4v) is 4.02. The Labute approximate surface area is 181 Å². The number of hydrogen-bond acceptors (Lipinski definition) is 4. The first kappa shape index (κ1) is 21.3. The smallest absolute Gasteiger partial charge is 0.254 e. The first-order valence-corrected chi connectivity index (χ1v) is 10.7. The van der Waals surface area contributed by atoms with E-state index in [1.807, 2.05) is 17.0 Å². The second-order valence-corrected chi connectivity index (χ2v) is 8.01. The molecule has 0 saturated carbocycles. The van der Waals surface area contributed by atoms with E-state index in [0.29, 0.717) is 62.9 Å². The highest BCUT2D eigenvalue weighted by Crippen LogP contribution is 2.21. The Morgan fingerprint density at radius 1 is 0.903 bits per heavy atom. The molecule has 0 radical (unpaired) electrons. The molecule has 2 aliphatic heterocycles. The van der Waals surface area contributed by atoms with E-state index in [1.54, 1.807) is 17.0 Å². The molecule has 164 valence electrons. The van der Waals surface area contributed by atoms with Crippen LogP contribution in [-0.4, -0.2) is 67.6 Å². The van der Waals surface area contributed by atoms with Gasteiger partial charge in [-0.3, -0.25) is 9.59 Å². The lowest BCUT2D eigenvalue weighted by molar-refractivity contribution is 0.0303. The maximum Gasteiger partial charge on any atom is 0.254 e. The summed E-state index contributed by atoms with van der Waals surface area (Å²) in [6.07, 6.45) is 1.90. The summed E-state index contributed by atoms with van der Waals surface area (Å²) in [5, 5.41) is 0. The summed E-state index contributed by atoms with van der Waals surface area (Å²) in [7, 11) is 0. The van der Waals surface area contributed by atoms with Gasteiger partial charge in [-0.1, -0.05) is 0 Å². The van der Waals surface area contributed by atoms with Crippen LogP contribution in [0.5, 0.6) is 5.75 Å². The molecule has 2 aromatic carbocycles. The Bertz CT molecular complexity index is 895. The summed E-state index contributed by atoms with van der Waals surface area (Å²) >= 11 is 0. The third-order valence-corrected chi connectivity index (χ3v) is 5.78. The van der Waals surface area contributed by atoms with Gasteiger partial charge in [-0.15, -0.1) is 0 Å². The van der Waals surface area contributed by atoms with E-state index in [0.717, 1.165) is 12.8 Å². The minimum absolute atomic E-state index is 0.0112. The number of hydrogen-bond donors (Lipinski definition) is 0. The van der Waals surface area contributed by atoms with Crippen molar-refractivity contribution in [3.63, 3.8) is 0 Å². The van der Waals surface area contributed by atoms with Gasteiger partial charge >= 0.3 is 0 Å². The van der Waals surface area contributed by atoms with Crippen molar-refractivity contribution < 1.29 is 23.5 Å². The van der Waals surface area contributed by atoms with Crippen LogP contribution in [0.4, 0.5) is 4.39 Å². The summed E-state index contributed by atoms with van der Waals surface area (Å²) in [6.45, 7) is 4.21. The molecular weight excluding hydrogens is 399 g/mol. The second-order valence-electron chi connectivity index (χ2n) is 8.01. The molecule has 2 saturated heterocycles.